The molecule has 7 heteroatoms. The smallest absolute Gasteiger partial charge is 0.417 e. The van der Waals surface area contributed by atoms with Gasteiger partial charge >= 0.3 is 12.1 Å². The zero-order valence-electron chi connectivity index (χ0n) is 11.1. The summed E-state index contributed by atoms with van der Waals surface area (Å²) in [6.45, 7) is 2.52. The van der Waals surface area contributed by atoms with E-state index < -0.39 is 23.3 Å². The maximum atomic E-state index is 12.8. The maximum Gasteiger partial charge on any atom is 0.417 e. The molecule has 0 aliphatic heterocycles. The predicted molar refractivity (Wildman–Crippen MR) is 74.4 cm³/mol. The molecule has 1 unspecified atom stereocenters. The van der Waals surface area contributed by atoms with Crippen LogP contribution in [0.5, 0.6) is 0 Å². The van der Waals surface area contributed by atoms with Crippen molar-refractivity contribution in [2.45, 2.75) is 13.1 Å². The van der Waals surface area contributed by atoms with E-state index in [-0.39, 0.29) is 5.69 Å². The summed E-state index contributed by atoms with van der Waals surface area (Å²) in [7, 11) is 0. The molecule has 0 aliphatic carbocycles. The van der Waals surface area contributed by atoms with E-state index in [4.69, 9.17) is 5.11 Å². The van der Waals surface area contributed by atoms with Crippen LogP contribution in [0.15, 0.2) is 18.2 Å². The summed E-state index contributed by atoms with van der Waals surface area (Å²) in [5.74, 6) is -0.384. The topological polar surface area (TPSA) is 49.3 Å². The summed E-state index contributed by atoms with van der Waals surface area (Å²) >= 11 is 1.66. The van der Waals surface area contributed by atoms with Gasteiger partial charge in [0.15, 0.2) is 0 Å². The third kappa shape index (κ3) is 4.63. The Hall–Kier alpha value is -1.37. The highest BCUT2D eigenvalue weighted by molar-refractivity contribution is 7.98. The Morgan fingerprint density at radius 1 is 1.45 bits per heavy atom. The van der Waals surface area contributed by atoms with E-state index in [1.54, 1.807) is 11.8 Å². The molecule has 0 heterocycles. The van der Waals surface area contributed by atoms with Crippen LogP contribution in [0.2, 0.25) is 0 Å². The number of rotatable bonds is 6. The van der Waals surface area contributed by atoms with E-state index in [0.29, 0.717) is 12.5 Å². The summed E-state index contributed by atoms with van der Waals surface area (Å²) < 4.78 is 38.4. The van der Waals surface area contributed by atoms with Gasteiger partial charge in [-0.3, -0.25) is 0 Å². The van der Waals surface area contributed by atoms with Crippen molar-refractivity contribution >= 4 is 23.4 Å². The minimum absolute atomic E-state index is 0.273. The number of carbonyl (C=O) groups is 1. The summed E-state index contributed by atoms with van der Waals surface area (Å²) in [5.41, 5.74) is -1.59. The van der Waals surface area contributed by atoms with Crippen molar-refractivity contribution in [2.24, 2.45) is 5.92 Å². The van der Waals surface area contributed by atoms with Gasteiger partial charge in [0, 0.05) is 12.2 Å². The minimum atomic E-state index is -4.68. The van der Waals surface area contributed by atoms with Gasteiger partial charge in [-0.2, -0.15) is 24.9 Å². The number of benzene rings is 1. The quantitative estimate of drug-likeness (QED) is 0.839. The van der Waals surface area contributed by atoms with Crippen molar-refractivity contribution in [3.05, 3.63) is 29.3 Å². The number of anilines is 1. The van der Waals surface area contributed by atoms with E-state index in [1.807, 2.05) is 13.2 Å². The molecule has 0 bridgehead atoms. The Morgan fingerprint density at radius 2 is 2.10 bits per heavy atom. The molecule has 0 aromatic heterocycles. The van der Waals surface area contributed by atoms with Gasteiger partial charge in [-0.05, 0) is 36.1 Å². The van der Waals surface area contributed by atoms with E-state index in [1.165, 1.54) is 6.07 Å². The van der Waals surface area contributed by atoms with Crippen molar-refractivity contribution < 1.29 is 23.1 Å². The number of hydrogen-bond donors (Lipinski definition) is 2. The first kappa shape index (κ1) is 16.7. The molecular formula is C13H16F3NO2S. The molecular weight excluding hydrogens is 291 g/mol. The normalized spacial score (nSPS) is 13.1. The zero-order chi connectivity index (χ0) is 15.3. The lowest BCUT2D eigenvalue weighted by atomic mass is 10.1. The van der Waals surface area contributed by atoms with Crippen LogP contribution < -0.4 is 5.32 Å². The van der Waals surface area contributed by atoms with Gasteiger partial charge in [0.2, 0.25) is 0 Å². The fourth-order valence-electron chi connectivity index (χ4n) is 1.71. The van der Waals surface area contributed by atoms with Crippen LogP contribution >= 0.6 is 11.8 Å². The van der Waals surface area contributed by atoms with E-state index in [9.17, 15) is 18.0 Å². The molecule has 1 atom stereocenters. The molecule has 0 fully saturated rings. The van der Waals surface area contributed by atoms with Gasteiger partial charge in [0.25, 0.3) is 0 Å². The molecule has 20 heavy (non-hydrogen) atoms. The summed E-state index contributed by atoms with van der Waals surface area (Å²) in [6.07, 6.45) is -2.73. The Labute approximate surface area is 119 Å². The van der Waals surface area contributed by atoms with Crippen LogP contribution in [0.25, 0.3) is 0 Å². The minimum Gasteiger partial charge on any atom is -0.478 e. The molecule has 1 rings (SSSR count). The second-order valence-corrected chi connectivity index (χ2v) is 5.42. The molecule has 0 radical (unpaired) electrons. The summed E-state index contributed by atoms with van der Waals surface area (Å²) in [4.78, 5) is 10.8. The van der Waals surface area contributed by atoms with Crippen LogP contribution in [0.4, 0.5) is 18.9 Å². The van der Waals surface area contributed by atoms with Gasteiger partial charge in [-0.15, -0.1) is 0 Å². The molecule has 0 saturated heterocycles. The third-order valence-corrected chi connectivity index (χ3v) is 3.56. The van der Waals surface area contributed by atoms with Crippen molar-refractivity contribution in [1.82, 2.24) is 0 Å². The number of alkyl halides is 3. The highest BCUT2D eigenvalue weighted by atomic mass is 32.2. The average molecular weight is 307 g/mol. The van der Waals surface area contributed by atoms with Gasteiger partial charge in [-0.1, -0.05) is 6.92 Å². The molecule has 0 spiro atoms. The van der Waals surface area contributed by atoms with E-state index >= 15 is 0 Å². The average Bonchev–Trinajstić information content (AvgIpc) is 2.35. The molecule has 1 aromatic carbocycles. The lowest BCUT2D eigenvalue weighted by Crippen LogP contribution is -2.16. The third-order valence-electron chi connectivity index (χ3n) is 2.66. The van der Waals surface area contributed by atoms with Crippen LogP contribution in [-0.2, 0) is 6.18 Å². The van der Waals surface area contributed by atoms with Crippen LogP contribution in [0, 0.1) is 5.92 Å². The number of aromatic carboxylic acids is 1. The number of carboxylic acids is 1. The lowest BCUT2D eigenvalue weighted by molar-refractivity contribution is -0.138. The number of halogens is 3. The summed E-state index contributed by atoms with van der Waals surface area (Å²) in [5, 5.41) is 11.7. The molecule has 0 amide bonds. The molecule has 1 aromatic rings. The van der Waals surface area contributed by atoms with Crippen LogP contribution in [-0.4, -0.2) is 29.6 Å². The zero-order valence-corrected chi connectivity index (χ0v) is 11.9. The SMILES string of the molecule is CSCC(C)CNc1ccc(C(=O)O)c(C(F)(F)F)c1. The van der Waals surface area contributed by atoms with Gasteiger partial charge in [0.05, 0.1) is 11.1 Å². The second kappa shape index (κ2) is 6.88. The second-order valence-electron chi connectivity index (χ2n) is 4.50. The summed E-state index contributed by atoms with van der Waals surface area (Å²) in [6, 6.07) is 3.17. The maximum absolute atomic E-state index is 12.8. The highest BCUT2D eigenvalue weighted by Crippen LogP contribution is 2.33. The number of carboxylic acid groups (broad SMARTS) is 1. The largest absolute Gasteiger partial charge is 0.478 e. The first-order valence-electron chi connectivity index (χ1n) is 5.93. The highest BCUT2D eigenvalue weighted by Gasteiger charge is 2.35. The molecule has 3 nitrogen and oxygen atoms in total. The standard InChI is InChI=1S/C13H16F3NO2S/c1-8(7-20-2)6-17-9-3-4-10(12(18)19)11(5-9)13(14,15)16/h3-5,8,17H,6-7H2,1-2H3,(H,18,19). The van der Waals surface area contributed by atoms with Gasteiger partial charge in [0.1, 0.15) is 0 Å². The van der Waals surface area contributed by atoms with E-state index in [2.05, 4.69) is 5.32 Å². The van der Waals surface area contributed by atoms with Crippen LogP contribution in [0.3, 0.4) is 0 Å². The van der Waals surface area contributed by atoms with Crippen LogP contribution in [0.1, 0.15) is 22.8 Å². The number of thioether (sulfide) groups is 1. The molecule has 2 N–H and O–H groups in total. The van der Waals surface area contributed by atoms with Crippen molar-refractivity contribution in [3.63, 3.8) is 0 Å². The molecule has 112 valence electrons. The predicted octanol–water partition coefficient (Wildman–Crippen LogP) is 3.81. The fraction of sp³-hybridized carbons (Fsp3) is 0.462. The Morgan fingerprint density at radius 3 is 2.60 bits per heavy atom. The van der Waals surface area contributed by atoms with Gasteiger partial charge in [-0.25, -0.2) is 4.79 Å². The van der Waals surface area contributed by atoms with E-state index in [0.717, 1.165) is 17.9 Å². The first-order valence-corrected chi connectivity index (χ1v) is 7.32. The monoisotopic (exact) mass is 307 g/mol. The molecule has 0 saturated carbocycles. The molecule has 0 aliphatic rings. The number of hydrogen-bond acceptors (Lipinski definition) is 3. The van der Waals surface area contributed by atoms with Crippen molar-refractivity contribution in [3.8, 4) is 0 Å². The van der Waals surface area contributed by atoms with Crippen molar-refractivity contribution in [1.29, 1.82) is 0 Å². The Kier molecular flexibility index (Phi) is 5.74. The first-order chi connectivity index (χ1) is 9.25. The van der Waals surface area contributed by atoms with Gasteiger partial charge < -0.3 is 10.4 Å². The fourth-order valence-corrected chi connectivity index (χ4v) is 2.40. The van der Waals surface area contributed by atoms with Crippen molar-refractivity contribution in [2.75, 3.05) is 23.9 Å². The lowest BCUT2D eigenvalue weighted by Gasteiger charge is -2.15. The Balaban J connectivity index is 2.93. The Bertz CT molecular complexity index is 477. The number of nitrogens with one attached hydrogen (secondary N) is 1.